The third-order valence-electron chi connectivity index (χ3n) is 4.94. The van der Waals surface area contributed by atoms with Gasteiger partial charge in [-0.2, -0.15) is 0 Å². The lowest BCUT2D eigenvalue weighted by Gasteiger charge is -2.32. The van der Waals surface area contributed by atoms with E-state index in [2.05, 4.69) is 4.98 Å². The van der Waals surface area contributed by atoms with Gasteiger partial charge in [0.2, 0.25) is 0 Å². The van der Waals surface area contributed by atoms with Crippen LogP contribution < -0.4 is 4.74 Å². The van der Waals surface area contributed by atoms with Gasteiger partial charge in [-0.3, -0.25) is 4.79 Å². The number of fused-ring (bicyclic) bond motifs is 1. The van der Waals surface area contributed by atoms with Gasteiger partial charge in [0, 0.05) is 31.3 Å². The average Bonchev–Trinajstić information content (AvgIpc) is 2.68. The highest BCUT2D eigenvalue weighted by atomic mass is 16.5. The lowest BCUT2D eigenvalue weighted by molar-refractivity contribution is 0.0590. The highest BCUT2D eigenvalue weighted by Crippen LogP contribution is 2.24. The van der Waals surface area contributed by atoms with Crippen LogP contribution in [0, 0.1) is 6.92 Å². The molecule has 0 bridgehead atoms. The number of benzene rings is 2. The molecule has 0 aliphatic carbocycles. The van der Waals surface area contributed by atoms with Crippen molar-refractivity contribution in [3.05, 3.63) is 65.9 Å². The van der Waals surface area contributed by atoms with Crippen molar-refractivity contribution in [2.24, 2.45) is 0 Å². The molecule has 1 aliphatic rings. The number of nitrogens with zero attached hydrogens (tertiary/aromatic N) is 2. The minimum absolute atomic E-state index is 0.0902. The molecule has 1 fully saturated rings. The van der Waals surface area contributed by atoms with Gasteiger partial charge in [-0.25, -0.2) is 4.98 Å². The Hall–Kier alpha value is -3.08. The molecule has 3 aromatic rings. The number of piperidine rings is 1. The standard InChI is InChI=1S/C22H22N2O3/c1-15-4-2-6-18(14-15)27-17-10-12-24(13-11-17)22(26)19-9-8-16-5-3-7-20(25)21(16)23-19/h2-9,14,17,25H,10-13H2,1H3. The number of likely N-dealkylation sites (tertiary alicyclic amines) is 1. The van der Waals surface area contributed by atoms with Crippen molar-refractivity contribution in [2.45, 2.75) is 25.9 Å². The number of phenolic OH excluding ortho intramolecular Hbond substituents is 1. The number of aryl methyl sites for hydroxylation is 1. The van der Waals surface area contributed by atoms with Crippen molar-refractivity contribution < 1.29 is 14.6 Å². The van der Waals surface area contributed by atoms with Crippen LogP contribution in [0.15, 0.2) is 54.6 Å². The second kappa shape index (κ2) is 7.27. The van der Waals surface area contributed by atoms with E-state index in [4.69, 9.17) is 4.74 Å². The molecule has 138 valence electrons. The maximum atomic E-state index is 12.8. The number of amides is 1. The highest BCUT2D eigenvalue weighted by molar-refractivity contribution is 5.96. The van der Waals surface area contributed by atoms with Gasteiger partial charge in [0.1, 0.15) is 28.8 Å². The van der Waals surface area contributed by atoms with Gasteiger partial charge in [0.25, 0.3) is 5.91 Å². The minimum atomic E-state index is -0.103. The van der Waals surface area contributed by atoms with Crippen molar-refractivity contribution in [1.82, 2.24) is 9.88 Å². The Balaban J connectivity index is 1.42. The molecule has 5 heteroatoms. The number of ether oxygens (including phenoxy) is 1. The fourth-order valence-electron chi connectivity index (χ4n) is 3.47. The zero-order valence-electron chi connectivity index (χ0n) is 15.3. The molecule has 0 spiro atoms. The molecule has 4 rings (SSSR count). The topological polar surface area (TPSA) is 62.7 Å². The van der Waals surface area contributed by atoms with Crippen molar-refractivity contribution in [2.75, 3.05) is 13.1 Å². The number of carbonyl (C=O) groups is 1. The highest BCUT2D eigenvalue weighted by Gasteiger charge is 2.25. The van der Waals surface area contributed by atoms with Gasteiger partial charge >= 0.3 is 0 Å². The number of phenols is 1. The summed E-state index contributed by atoms with van der Waals surface area (Å²) in [6.45, 7) is 3.31. The van der Waals surface area contributed by atoms with E-state index >= 15 is 0 Å². The summed E-state index contributed by atoms with van der Waals surface area (Å²) >= 11 is 0. The van der Waals surface area contributed by atoms with Gasteiger partial charge in [0.15, 0.2) is 0 Å². The molecule has 0 radical (unpaired) electrons. The van der Waals surface area contributed by atoms with Gasteiger partial charge < -0.3 is 14.7 Å². The van der Waals surface area contributed by atoms with Crippen LogP contribution in [0.2, 0.25) is 0 Å². The van der Waals surface area contributed by atoms with E-state index in [1.165, 1.54) is 5.56 Å². The molecule has 1 aliphatic heterocycles. The molecule has 0 unspecified atom stereocenters. The Morgan fingerprint density at radius 1 is 1.11 bits per heavy atom. The van der Waals surface area contributed by atoms with Crippen molar-refractivity contribution >= 4 is 16.8 Å². The molecule has 2 aromatic carbocycles. The fraction of sp³-hybridized carbons (Fsp3) is 0.273. The Labute approximate surface area is 158 Å². The molecule has 1 saturated heterocycles. The van der Waals surface area contributed by atoms with Gasteiger partial charge in [0.05, 0.1) is 0 Å². The Morgan fingerprint density at radius 3 is 2.67 bits per heavy atom. The smallest absolute Gasteiger partial charge is 0.272 e. The minimum Gasteiger partial charge on any atom is -0.506 e. The second-order valence-corrected chi connectivity index (χ2v) is 6.97. The quantitative estimate of drug-likeness (QED) is 0.767. The molecule has 27 heavy (non-hydrogen) atoms. The predicted molar refractivity (Wildman–Crippen MR) is 104 cm³/mol. The number of hydrogen-bond acceptors (Lipinski definition) is 4. The van der Waals surface area contributed by atoms with Crippen LogP contribution in [0.4, 0.5) is 0 Å². The maximum Gasteiger partial charge on any atom is 0.272 e. The Kier molecular flexibility index (Phi) is 4.67. The van der Waals surface area contributed by atoms with E-state index in [1.807, 2.05) is 48.2 Å². The van der Waals surface area contributed by atoms with Crippen molar-refractivity contribution in [1.29, 1.82) is 0 Å². The molecule has 1 aromatic heterocycles. The zero-order chi connectivity index (χ0) is 18.8. The molecule has 1 N–H and O–H groups in total. The van der Waals surface area contributed by atoms with Crippen LogP contribution >= 0.6 is 0 Å². The summed E-state index contributed by atoms with van der Waals surface area (Å²) in [5, 5.41) is 10.8. The summed E-state index contributed by atoms with van der Waals surface area (Å²) in [6.07, 6.45) is 1.70. The van der Waals surface area contributed by atoms with E-state index < -0.39 is 0 Å². The number of pyridine rings is 1. The lowest BCUT2D eigenvalue weighted by Crippen LogP contribution is -2.42. The van der Waals surface area contributed by atoms with E-state index in [9.17, 15) is 9.90 Å². The van der Waals surface area contributed by atoms with E-state index in [1.54, 1.807) is 18.2 Å². The number of carbonyl (C=O) groups excluding carboxylic acids is 1. The van der Waals surface area contributed by atoms with Crippen LogP contribution in [0.3, 0.4) is 0 Å². The molecule has 0 atom stereocenters. The second-order valence-electron chi connectivity index (χ2n) is 6.97. The summed E-state index contributed by atoms with van der Waals surface area (Å²) in [5.41, 5.74) is 1.99. The van der Waals surface area contributed by atoms with Crippen LogP contribution in [0.5, 0.6) is 11.5 Å². The zero-order valence-corrected chi connectivity index (χ0v) is 15.3. The molecule has 1 amide bonds. The van der Waals surface area contributed by atoms with E-state index in [0.717, 1.165) is 24.0 Å². The molecular weight excluding hydrogens is 340 g/mol. The van der Waals surface area contributed by atoms with Gasteiger partial charge in [-0.1, -0.05) is 30.3 Å². The first-order chi connectivity index (χ1) is 13.1. The number of aromatic hydroxyl groups is 1. The van der Waals surface area contributed by atoms with E-state index in [-0.39, 0.29) is 17.8 Å². The first-order valence-electron chi connectivity index (χ1n) is 9.21. The largest absolute Gasteiger partial charge is 0.506 e. The average molecular weight is 362 g/mol. The molecule has 5 nitrogen and oxygen atoms in total. The first kappa shape index (κ1) is 17.3. The lowest BCUT2D eigenvalue weighted by atomic mass is 10.1. The van der Waals surface area contributed by atoms with Gasteiger partial charge in [-0.05, 0) is 36.8 Å². The van der Waals surface area contributed by atoms with Crippen LogP contribution in [-0.2, 0) is 0 Å². The maximum absolute atomic E-state index is 12.8. The SMILES string of the molecule is Cc1cccc(OC2CCN(C(=O)c3ccc4cccc(O)c4n3)CC2)c1. The van der Waals surface area contributed by atoms with Crippen molar-refractivity contribution in [3.8, 4) is 11.5 Å². The monoisotopic (exact) mass is 362 g/mol. The third-order valence-corrected chi connectivity index (χ3v) is 4.94. The van der Waals surface area contributed by atoms with Crippen LogP contribution in [0.25, 0.3) is 10.9 Å². The summed E-state index contributed by atoms with van der Waals surface area (Å²) in [4.78, 5) is 19.0. The number of hydrogen-bond donors (Lipinski definition) is 1. The Morgan fingerprint density at radius 2 is 1.89 bits per heavy atom. The molecule has 0 saturated carbocycles. The van der Waals surface area contributed by atoms with Crippen molar-refractivity contribution in [3.63, 3.8) is 0 Å². The third kappa shape index (κ3) is 3.72. The normalized spacial score (nSPS) is 15.1. The summed E-state index contributed by atoms with van der Waals surface area (Å²) in [7, 11) is 0. The number of aromatic nitrogens is 1. The predicted octanol–water partition coefficient (Wildman–Crippen LogP) is 3.93. The molecular formula is C22H22N2O3. The number of para-hydroxylation sites is 1. The first-order valence-corrected chi connectivity index (χ1v) is 9.21. The van der Waals surface area contributed by atoms with E-state index in [0.29, 0.717) is 24.3 Å². The summed E-state index contributed by atoms with van der Waals surface area (Å²) in [5.74, 6) is 0.869. The van der Waals surface area contributed by atoms with Gasteiger partial charge in [-0.15, -0.1) is 0 Å². The number of rotatable bonds is 3. The fourth-order valence-corrected chi connectivity index (χ4v) is 3.47. The summed E-state index contributed by atoms with van der Waals surface area (Å²) in [6, 6.07) is 16.8. The Bertz CT molecular complexity index is 978. The summed E-state index contributed by atoms with van der Waals surface area (Å²) < 4.78 is 6.06. The molecule has 2 heterocycles. The van der Waals surface area contributed by atoms with Crippen LogP contribution in [0.1, 0.15) is 28.9 Å². The van der Waals surface area contributed by atoms with Crippen LogP contribution in [-0.4, -0.2) is 40.1 Å².